The number of carbonyl (C=O) groups is 1. The molecule has 1 heterocycles. The van der Waals surface area contributed by atoms with Crippen LogP contribution < -0.4 is 10.1 Å². The zero-order valence-corrected chi connectivity index (χ0v) is 13.2. The first-order chi connectivity index (χ1) is 9.97. The third-order valence-electron chi connectivity index (χ3n) is 3.55. The SMILES string of the molecule is CCc1nn(C)c(NC(=O)c2cc(C)ccc2OC)c1C. The first-order valence-corrected chi connectivity index (χ1v) is 6.96. The van der Waals surface area contributed by atoms with Crippen LogP contribution in [0.3, 0.4) is 0 Å². The number of hydrogen-bond acceptors (Lipinski definition) is 3. The van der Waals surface area contributed by atoms with E-state index in [-0.39, 0.29) is 5.91 Å². The highest BCUT2D eigenvalue weighted by Crippen LogP contribution is 2.23. The zero-order chi connectivity index (χ0) is 15.6. The maximum absolute atomic E-state index is 12.5. The van der Waals surface area contributed by atoms with Gasteiger partial charge in [-0.1, -0.05) is 18.6 Å². The molecule has 1 aromatic carbocycles. The molecule has 21 heavy (non-hydrogen) atoms. The molecule has 0 unspecified atom stereocenters. The van der Waals surface area contributed by atoms with Crippen LogP contribution in [0.15, 0.2) is 18.2 Å². The van der Waals surface area contributed by atoms with E-state index in [1.165, 1.54) is 0 Å². The second-order valence-corrected chi connectivity index (χ2v) is 5.06. The summed E-state index contributed by atoms with van der Waals surface area (Å²) >= 11 is 0. The number of nitrogens with one attached hydrogen (secondary N) is 1. The van der Waals surface area contributed by atoms with E-state index in [4.69, 9.17) is 4.74 Å². The number of hydrogen-bond donors (Lipinski definition) is 1. The van der Waals surface area contributed by atoms with Crippen LogP contribution >= 0.6 is 0 Å². The molecular formula is C16H21N3O2. The Kier molecular flexibility index (Phi) is 4.31. The van der Waals surface area contributed by atoms with Gasteiger partial charge in [0.15, 0.2) is 0 Å². The number of anilines is 1. The summed E-state index contributed by atoms with van der Waals surface area (Å²) in [6.45, 7) is 5.96. The molecule has 0 spiro atoms. The number of nitrogens with zero attached hydrogens (tertiary/aromatic N) is 2. The minimum Gasteiger partial charge on any atom is -0.496 e. The Balaban J connectivity index is 2.34. The molecule has 2 rings (SSSR count). The van der Waals surface area contributed by atoms with Gasteiger partial charge in [0.05, 0.1) is 18.4 Å². The second kappa shape index (κ2) is 5.99. The number of amides is 1. The van der Waals surface area contributed by atoms with Crippen LogP contribution in [0.4, 0.5) is 5.82 Å². The highest BCUT2D eigenvalue weighted by Gasteiger charge is 2.17. The first-order valence-electron chi connectivity index (χ1n) is 6.96. The molecule has 5 nitrogen and oxygen atoms in total. The van der Waals surface area contributed by atoms with Crippen molar-refractivity contribution < 1.29 is 9.53 Å². The van der Waals surface area contributed by atoms with Crippen LogP contribution in [-0.2, 0) is 13.5 Å². The average Bonchev–Trinajstić information content (AvgIpc) is 2.74. The summed E-state index contributed by atoms with van der Waals surface area (Å²) in [5.41, 5.74) is 3.53. The van der Waals surface area contributed by atoms with E-state index in [9.17, 15) is 4.79 Å². The summed E-state index contributed by atoms with van der Waals surface area (Å²) in [5, 5.41) is 7.34. The quantitative estimate of drug-likeness (QED) is 0.940. The van der Waals surface area contributed by atoms with Crippen molar-refractivity contribution >= 4 is 11.7 Å². The predicted molar refractivity (Wildman–Crippen MR) is 83.0 cm³/mol. The van der Waals surface area contributed by atoms with Crippen molar-refractivity contribution in [3.63, 3.8) is 0 Å². The Morgan fingerprint density at radius 1 is 1.38 bits per heavy atom. The van der Waals surface area contributed by atoms with Gasteiger partial charge < -0.3 is 10.1 Å². The molecule has 0 aliphatic rings. The van der Waals surface area contributed by atoms with Crippen molar-refractivity contribution in [1.29, 1.82) is 0 Å². The molecule has 0 saturated heterocycles. The normalized spacial score (nSPS) is 10.5. The van der Waals surface area contributed by atoms with Gasteiger partial charge in [-0.05, 0) is 32.4 Å². The van der Waals surface area contributed by atoms with E-state index < -0.39 is 0 Å². The molecule has 5 heteroatoms. The smallest absolute Gasteiger partial charge is 0.260 e. The molecule has 1 N–H and O–H groups in total. The fraction of sp³-hybridized carbons (Fsp3) is 0.375. The van der Waals surface area contributed by atoms with Crippen molar-refractivity contribution in [2.75, 3.05) is 12.4 Å². The lowest BCUT2D eigenvalue weighted by Gasteiger charge is -2.11. The fourth-order valence-corrected chi connectivity index (χ4v) is 2.37. The van der Waals surface area contributed by atoms with E-state index in [2.05, 4.69) is 10.4 Å². The summed E-state index contributed by atoms with van der Waals surface area (Å²) in [4.78, 5) is 12.5. The molecule has 0 aliphatic heterocycles. The van der Waals surface area contributed by atoms with Crippen molar-refractivity contribution in [2.45, 2.75) is 27.2 Å². The summed E-state index contributed by atoms with van der Waals surface area (Å²) in [5.74, 6) is 1.10. The number of benzene rings is 1. The lowest BCUT2D eigenvalue weighted by atomic mass is 10.1. The van der Waals surface area contributed by atoms with Crippen molar-refractivity contribution in [2.24, 2.45) is 7.05 Å². The lowest BCUT2D eigenvalue weighted by Crippen LogP contribution is -2.16. The number of methoxy groups -OCH3 is 1. The van der Waals surface area contributed by atoms with E-state index in [1.807, 2.05) is 40.0 Å². The summed E-state index contributed by atoms with van der Waals surface area (Å²) < 4.78 is 6.97. The number of aryl methyl sites for hydroxylation is 3. The molecule has 0 atom stereocenters. The Bertz CT molecular complexity index is 674. The third kappa shape index (κ3) is 2.91. The number of rotatable bonds is 4. The Morgan fingerprint density at radius 3 is 2.67 bits per heavy atom. The number of ether oxygens (including phenoxy) is 1. The molecule has 112 valence electrons. The highest BCUT2D eigenvalue weighted by atomic mass is 16.5. The van der Waals surface area contributed by atoms with Gasteiger partial charge >= 0.3 is 0 Å². The molecule has 0 aliphatic carbocycles. The van der Waals surface area contributed by atoms with Crippen LogP contribution in [0.2, 0.25) is 0 Å². The number of carbonyl (C=O) groups excluding carboxylic acids is 1. The minimum absolute atomic E-state index is 0.190. The molecule has 2 aromatic rings. The maximum atomic E-state index is 12.5. The Hall–Kier alpha value is -2.30. The second-order valence-electron chi connectivity index (χ2n) is 5.06. The minimum atomic E-state index is -0.190. The summed E-state index contributed by atoms with van der Waals surface area (Å²) in [7, 11) is 3.39. The van der Waals surface area contributed by atoms with E-state index in [0.29, 0.717) is 11.3 Å². The molecule has 0 bridgehead atoms. The van der Waals surface area contributed by atoms with Gasteiger partial charge in [-0.25, -0.2) is 0 Å². The van der Waals surface area contributed by atoms with Gasteiger partial charge in [0.2, 0.25) is 0 Å². The summed E-state index contributed by atoms with van der Waals surface area (Å²) in [6, 6.07) is 5.54. The van der Waals surface area contributed by atoms with Crippen LogP contribution in [0.5, 0.6) is 5.75 Å². The number of aromatic nitrogens is 2. The average molecular weight is 287 g/mol. The van der Waals surface area contributed by atoms with E-state index in [1.54, 1.807) is 17.9 Å². The molecular weight excluding hydrogens is 266 g/mol. The fourth-order valence-electron chi connectivity index (χ4n) is 2.37. The van der Waals surface area contributed by atoms with Crippen molar-refractivity contribution in [1.82, 2.24) is 9.78 Å². The van der Waals surface area contributed by atoms with Gasteiger partial charge in [-0.15, -0.1) is 0 Å². The van der Waals surface area contributed by atoms with Crippen molar-refractivity contribution in [3.8, 4) is 5.75 Å². The van der Waals surface area contributed by atoms with Gasteiger partial charge in [0.25, 0.3) is 5.91 Å². The van der Waals surface area contributed by atoms with E-state index >= 15 is 0 Å². The maximum Gasteiger partial charge on any atom is 0.260 e. The lowest BCUT2D eigenvalue weighted by molar-refractivity contribution is 0.102. The zero-order valence-electron chi connectivity index (χ0n) is 13.2. The highest BCUT2D eigenvalue weighted by molar-refractivity contribution is 6.06. The molecule has 1 aromatic heterocycles. The van der Waals surface area contributed by atoms with Gasteiger partial charge in [0, 0.05) is 12.6 Å². The molecule has 1 amide bonds. The van der Waals surface area contributed by atoms with Crippen LogP contribution in [-0.4, -0.2) is 22.8 Å². The monoisotopic (exact) mass is 287 g/mol. The summed E-state index contributed by atoms with van der Waals surface area (Å²) in [6.07, 6.45) is 0.837. The van der Waals surface area contributed by atoms with Crippen LogP contribution in [0.25, 0.3) is 0 Å². The predicted octanol–water partition coefficient (Wildman–Crippen LogP) is 2.86. The van der Waals surface area contributed by atoms with Crippen LogP contribution in [0.1, 0.15) is 34.1 Å². The third-order valence-corrected chi connectivity index (χ3v) is 3.55. The molecule has 0 radical (unpaired) electrons. The van der Waals surface area contributed by atoms with Crippen molar-refractivity contribution in [3.05, 3.63) is 40.6 Å². The van der Waals surface area contributed by atoms with E-state index in [0.717, 1.165) is 29.1 Å². The standard InChI is InChI=1S/C16H21N3O2/c1-6-13-11(3)15(19(4)18-13)17-16(20)12-9-10(2)7-8-14(12)21-5/h7-9H,6H2,1-5H3,(H,17,20). The Morgan fingerprint density at radius 2 is 2.10 bits per heavy atom. The topological polar surface area (TPSA) is 56.2 Å². The Labute approximate surface area is 124 Å². The van der Waals surface area contributed by atoms with Crippen LogP contribution in [0, 0.1) is 13.8 Å². The molecule has 0 fully saturated rings. The van der Waals surface area contributed by atoms with Gasteiger partial charge in [-0.3, -0.25) is 9.48 Å². The largest absolute Gasteiger partial charge is 0.496 e. The molecule has 0 saturated carbocycles. The first kappa shape index (κ1) is 15.1. The van der Waals surface area contributed by atoms with Gasteiger partial charge in [0.1, 0.15) is 11.6 Å². The van der Waals surface area contributed by atoms with Gasteiger partial charge in [-0.2, -0.15) is 5.10 Å².